The Hall–Kier alpha value is -4.86. The van der Waals surface area contributed by atoms with Gasteiger partial charge in [-0.15, -0.1) is 0 Å². The van der Waals surface area contributed by atoms with E-state index in [-0.39, 0.29) is 47.3 Å². The second-order valence-corrected chi connectivity index (χ2v) is 15.9. The summed E-state index contributed by atoms with van der Waals surface area (Å²) in [4.78, 5) is 40.0. The standard InChI is InChI=1S/C30H37N9O7S2/c1-20-15-22(17-31)35-28(34-20)38-11-13-39(14-12-38)48(44,45)23-8-10-26(32-19-23)36-27(40)24-16-21(18-33-29(41)46-30(2,3)4)7-9-25(24)37(5)47(6,42)43/h7-10,15-16,19H,11-14,18H2,1-6H3,(H,33,41)(H,32,36,40). The molecule has 48 heavy (non-hydrogen) atoms. The summed E-state index contributed by atoms with van der Waals surface area (Å²) >= 11 is 0. The average molecular weight is 700 g/mol. The normalized spacial score (nSPS) is 14.1. The number of carbonyl (C=O) groups is 2. The molecule has 3 aromatic rings. The minimum atomic E-state index is -3.93. The summed E-state index contributed by atoms with van der Waals surface area (Å²) in [5, 5.41) is 14.4. The number of nitriles is 1. The number of piperazine rings is 1. The van der Waals surface area contributed by atoms with E-state index >= 15 is 0 Å². The largest absolute Gasteiger partial charge is 0.444 e. The summed E-state index contributed by atoms with van der Waals surface area (Å²) in [7, 11) is -6.38. The summed E-state index contributed by atoms with van der Waals surface area (Å²) in [6, 6.07) is 10.7. The zero-order chi connectivity index (χ0) is 35.4. The molecule has 1 fully saturated rings. The lowest BCUT2D eigenvalue weighted by Crippen LogP contribution is -2.49. The first-order chi connectivity index (χ1) is 22.4. The second kappa shape index (κ2) is 14.1. The predicted octanol–water partition coefficient (Wildman–Crippen LogP) is 2.24. The molecule has 2 aromatic heterocycles. The molecular formula is C30H37N9O7S2. The molecule has 1 aliphatic rings. The zero-order valence-electron chi connectivity index (χ0n) is 27.4. The smallest absolute Gasteiger partial charge is 0.407 e. The monoisotopic (exact) mass is 699 g/mol. The van der Waals surface area contributed by atoms with E-state index in [0.29, 0.717) is 30.3 Å². The van der Waals surface area contributed by atoms with Crippen molar-refractivity contribution < 1.29 is 31.2 Å². The average Bonchev–Trinajstić information content (AvgIpc) is 3.02. The van der Waals surface area contributed by atoms with E-state index in [9.17, 15) is 31.7 Å². The molecule has 0 saturated carbocycles. The molecule has 0 atom stereocenters. The molecule has 0 bridgehead atoms. The van der Waals surface area contributed by atoms with Crippen molar-refractivity contribution in [1.82, 2.24) is 24.6 Å². The number of ether oxygens (including phenoxy) is 1. The maximum Gasteiger partial charge on any atom is 0.407 e. The maximum absolute atomic E-state index is 13.4. The molecule has 0 spiro atoms. The van der Waals surface area contributed by atoms with Crippen LogP contribution in [0.25, 0.3) is 0 Å². The highest BCUT2D eigenvalue weighted by Gasteiger charge is 2.30. The van der Waals surface area contributed by atoms with Gasteiger partial charge in [-0.2, -0.15) is 9.57 Å². The third kappa shape index (κ3) is 8.93. The first-order valence-electron chi connectivity index (χ1n) is 14.7. The van der Waals surface area contributed by atoms with Gasteiger partial charge >= 0.3 is 6.09 Å². The molecule has 256 valence electrons. The van der Waals surface area contributed by atoms with Gasteiger partial charge in [0.1, 0.15) is 28.1 Å². The number of carbonyl (C=O) groups excluding carboxylic acids is 2. The highest BCUT2D eigenvalue weighted by atomic mass is 32.2. The van der Waals surface area contributed by atoms with E-state index < -0.39 is 37.6 Å². The van der Waals surface area contributed by atoms with Crippen molar-refractivity contribution in [2.45, 2.75) is 44.7 Å². The van der Waals surface area contributed by atoms with Crippen LogP contribution in [0.5, 0.6) is 0 Å². The van der Waals surface area contributed by atoms with Crippen LogP contribution < -0.4 is 19.8 Å². The summed E-state index contributed by atoms with van der Waals surface area (Å²) < 4.78 is 58.9. The van der Waals surface area contributed by atoms with Crippen LogP contribution in [0.4, 0.5) is 22.2 Å². The minimum Gasteiger partial charge on any atom is -0.444 e. The van der Waals surface area contributed by atoms with E-state index in [1.54, 1.807) is 39.8 Å². The van der Waals surface area contributed by atoms with Gasteiger partial charge in [0.2, 0.25) is 26.0 Å². The molecule has 1 saturated heterocycles. The van der Waals surface area contributed by atoms with Crippen molar-refractivity contribution >= 4 is 49.5 Å². The van der Waals surface area contributed by atoms with E-state index in [4.69, 9.17) is 4.74 Å². The Bertz CT molecular complexity index is 1950. The molecule has 1 aromatic carbocycles. The number of hydrogen-bond acceptors (Lipinski definition) is 12. The van der Waals surface area contributed by atoms with Gasteiger partial charge in [0.15, 0.2) is 0 Å². The number of sulfonamides is 2. The number of alkyl carbamates (subject to hydrolysis) is 1. The topological polar surface area (TPSA) is 208 Å². The molecule has 2 amide bonds. The molecule has 0 radical (unpaired) electrons. The van der Waals surface area contributed by atoms with Crippen molar-refractivity contribution in [2.24, 2.45) is 0 Å². The van der Waals surface area contributed by atoms with Gasteiger partial charge in [-0.05, 0) is 63.6 Å². The number of nitrogens with one attached hydrogen (secondary N) is 2. The molecule has 0 unspecified atom stereocenters. The summed E-state index contributed by atoms with van der Waals surface area (Å²) in [6.07, 6.45) is 1.46. The Labute approximate surface area is 279 Å². The van der Waals surface area contributed by atoms with Crippen LogP contribution in [-0.2, 0) is 31.3 Å². The lowest BCUT2D eigenvalue weighted by atomic mass is 10.1. The fourth-order valence-electron chi connectivity index (χ4n) is 4.64. The SMILES string of the molecule is Cc1cc(C#N)nc(N2CCN(S(=O)(=O)c3ccc(NC(=O)c4cc(CNC(=O)OC(C)(C)C)ccc4N(C)S(C)(=O)=O)nc3)CC2)n1. The zero-order valence-corrected chi connectivity index (χ0v) is 29.0. The molecule has 2 N–H and O–H groups in total. The lowest BCUT2D eigenvalue weighted by molar-refractivity contribution is 0.0523. The minimum absolute atomic E-state index is 0.00392. The van der Waals surface area contributed by atoms with Crippen molar-refractivity contribution in [3.63, 3.8) is 0 Å². The fourth-order valence-corrected chi connectivity index (χ4v) is 6.52. The summed E-state index contributed by atoms with van der Waals surface area (Å²) in [6.45, 7) is 7.83. The lowest BCUT2D eigenvalue weighted by Gasteiger charge is -2.34. The Morgan fingerprint density at radius 3 is 2.31 bits per heavy atom. The first kappa shape index (κ1) is 36.0. The van der Waals surface area contributed by atoms with Gasteiger partial charge in [0.05, 0.1) is 17.5 Å². The number of nitrogens with zero attached hydrogens (tertiary/aromatic N) is 7. The summed E-state index contributed by atoms with van der Waals surface area (Å²) in [5.74, 6) is -0.322. The van der Waals surface area contributed by atoms with Crippen molar-refractivity contribution in [3.05, 3.63) is 65.1 Å². The number of anilines is 3. The van der Waals surface area contributed by atoms with E-state index in [1.165, 1.54) is 35.6 Å². The quantitative estimate of drug-likeness (QED) is 0.330. The van der Waals surface area contributed by atoms with E-state index in [0.717, 1.165) is 16.8 Å². The predicted molar refractivity (Wildman–Crippen MR) is 177 cm³/mol. The van der Waals surface area contributed by atoms with Gasteiger partial charge in [-0.1, -0.05) is 6.07 Å². The van der Waals surface area contributed by atoms with Crippen LogP contribution in [0.1, 0.15) is 48.1 Å². The first-order valence-corrected chi connectivity index (χ1v) is 18.0. The number of pyridine rings is 1. The number of rotatable bonds is 9. The number of aromatic nitrogens is 3. The van der Waals surface area contributed by atoms with Gasteiger partial charge in [0.25, 0.3) is 5.91 Å². The van der Waals surface area contributed by atoms with Crippen LogP contribution in [-0.4, -0.2) is 93.2 Å². The third-order valence-corrected chi connectivity index (χ3v) is 10.1. The van der Waals surface area contributed by atoms with Crippen molar-refractivity contribution in [3.8, 4) is 6.07 Å². The fraction of sp³-hybridized carbons (Fsp3) is 0.400. The highest BCUT2D eigenvalue weighted by Crippen LogP contribution is 2.25. The van der Waals surface area contributed by atoms with Crippen LogP contribution in [0.3, 0.4) is 0 Å². The maximum atomic E-state index is 13.4. The third-order valence-electron chi connectivity index (χ3n) is 7.07. The van der Waals surface area contributed by atoms with Crippen LogP contribution in [0, 0.1) is 18.3 Å². The Morgan fingerprint density at radius 1 is 1.04 bits per heavy atom. The number of hydrogen-bond donors (Lipinski definition) is 2. The molecule has 1 aliphatic heterocycles. The number of benzene rings is 1. The Morgan fingerprint density at radius 2 is 1.73 bits per heavy atom. The molecule has 18 heteroatoms. The van der Waals surface area contributed by atoms with Crippen molar-refractivity contribution in [1.29, 1.82) is 5.26 Å². The van der Waals surface area contributed by atoms with Gasteiger partial charge < -0.3 is 20.3 Å². The number of aryl methyl sites for hydroxylation is 1. The number of amides is 2. The molecule has 0 aliphatic carbocycles. The Balaban J connectivity index is 1.47. The van der Waals surface area contributed by atoms with E-state index in [1.807, 2.05) is 11.0 Å². The molecule has 4 rings (SSSR count). The second-order valence-electron chi connectivity index (χ2n) is 12.0. The van der Waals surface area contributed by atoms with Gasteiger partial charge in [0, 0.05) is 51.7 Å². The van der Waals surface area contributed by atoms with Crippen LogP contribution in [0.15, 0.2) is 47.5 Å². The summed E-state index contributed by atoms with van der Waals surface area (Å²) in [5.41, 5.74) is 0.690. The molecule has 16 nitrogen and oxygen atoms in total. The van der Waals surface area contributed by atoms with E-state index in [2.05, 4.69) is 25.6 Å². The van der Waals surface area contributed by atoms with Crippen LogP contribution in [0.2, 0.25) is 0 Å². The highest BCUT2D eigenvalue weighted by molar-refractivity contribution is 7.92. The van der Waals surface area contributed by atoms with Gasteiger partial charge in [-0.3, -0.25) is 9.10 Å². The Kier molecular flexibility index (Phi) is 10.6. The van der Waals surface area contributed by atoms with Gasteiger partial charge in [-0.25, -0.2) is 36.6 Å². The van der Waals surface area contributed by atoms with Crippen LogP contribution >= 0.6 is 0 Å². The van der Waals surface area contributed by atoms with Crippen molar-refractivity contribution in [2.75, 3.05) is 54.0 Å². The molecule has 3 heterocycles. The molecular weight excluding hydrogens is 663 g/mol.